The van der Waals surface area contributed by atoms with Crippen LogP contribution in [-0.4, -0.2) is 76.3 Å². The van der Waals surface area contributed by atoms with Crippen molar-refractivity contribution < 1.29 is 42.9 Å². The summed E-state index contributed by atoms with van der Waals surface area (Å²) in [5, 5.41) is 13.7. The van der Waals surface area contributed by atoms with E-state index in [1.165, 1.54) is 36.2 Å². The number of likely N-dealkylation sites (tertiary alicyclic amines) is 1. The van der Waals surface area contributed by atoms with Crippen LogP contribution in [0.25, 0.3) is 5.76 Å². The molecule has 2 aromatic rings. The minimum atomic E-state index is -0.952. The number of carbonyl (C=O) groups excluding carboxylic acids is 2. The average Bonchev–Trinajstić information content (AvgIpc) is 3.18. The van der Waals surface area contributed by atoms with Gasteiger partial charge in [0.2, 0.25) is 5.78 Å². The predicted octanol–water partition coefficient (Wildman–Crippen LogP) is 1.16. The summed E-state index contributed by atoms with van der Waals surface area (Å²) < 4.78 is 36.4. The number of nitrogens with one attached hydrogen (secondary N) is 1. The highest BCUT2D eigenvalue weighted by molar-refractivity contribution is 6.46. The third kappa shape index (κ3) is 6.17. The third-order valence-electron chi connectivity index (χ3n) is 6.94. The Hall–Kier alpha value is -3.63. The molecule has 0 aromatic heterocycles. The van der Waals surface area contributed by atoms with E-state index in [2.05, 4.69) is 0 Å². The molecule has 0 radical (unpaired) electrons. The van der Waals surface area contributed by atoms with E-state index in [0.717, 1.165) is 25.7 Å². The number of quaternary nitrogens is 1. The Kier molecular flexibility index (Phi) is 9.08. The Morgan fingerprint density at radius 3 is 2.41 bits per heavy atom. The Morgan fingerprint density at radius 1 is 1.08 bits per heavy atom. The standard InChI is InChI=1S/C29H35FN2O7/c1-18(2)39-22-8-7-20(16-21(22)30)27(33)25-26(19-6-9-23(36-3)24(17-19)37-4)32(29(35)28(25)34)11-5-10-31-12-14-38-15-13-31/h6-9,16-18,26,33H,5,10-15H2,1-4H3. The number of benzene rings is 2. The number of methoxy groups -OCH3 is 2. The molecular formula is C29H35FN2O7. The number of ether oxygens (including phenoxy) is 4. The maximum absolute atomic E-state index is 14.8. The molecule has 1 unspecified atom stereocenters. The number of carbonyl (C=O) groups is 2. The topological polar surface area (TPSA) is 102 Å². The van der Waals surface area contributed by atoms with Crippen LogP contribution in [0.4, 0.5) is 4.39 Å². The highest BCUT2D eigenvalue weighted by Gasteiger charge is 2.44. The number of hydrogen-bond donors (Lipinski definition) is 1. The minimum Gasteiger partial charge on any atom is -0.872 e. The van der Waals surface area contributed by atoms with Crippen molar-refractivity contribution in [2.75, 3.05) is 53.6 Å². The average molecular weight is 543 g/mol. The summed E-state index contributed by atoms with van der Waals surface area (Å²) in [6.45, 7) is 7.74. The Labute approximate surface area is 227 Å². The molecule has 2 aliphatic heterocycles. The number of hydrogen-bond acceptors (Lipinski definition) is 7. The fourth-order valence-corrected chi connectivity index (χ4v) is 5.03. The van der Waals surface area contributed by atoms with Crippen LogP contribution < -0.4 is 24.2 Å². The number of halogens is 1. The molecule has 0 spiro atoms. The maximum atomic E-state index is 14.8. The third-order valence-corrected chi connectivity index (χ3v) is 6.94. The molecule has 10 heteroatoms. The van der Waals surface area contributed by atoms with Gasteiger partial charge in [-0.25, -0.2) is 4.39 Å². The van der Waals surface area contributed by atoms with Gasteiger partial charge < -0.3 is 33.9 Å². The van der Waals surface area contributed by atoms with Gasteiger partial charge in [0, 0.05) is 18.5 Å². The summed E-state index contributed by atoms with van der Waals surface area (Å²) in [6, 6.07) is 7.88. The molecule has 0 saturated carbocycles. The van der Waals surface area contributed by atoms with Crippen LogP contribution in [-0.2, 0) is 14.3 Å². The number of morpholine rings is 1. The second-order valence-corrected chi connectivity index (χ2v) is 9.87. The van der Waals surface area contributed by atoms with E-state index in [0.29, 0.717) is 36.7 Å². The largest absolute Gasteiger partial charge is 0.872 e. The summed E-state index contributed by atoms with van der Waals surface area (Å²) in [6.07, 6.45) is 0.377. The van der Waals surface area contributed by atoms with Gasteiger partial charge in [0.1, 0.15) is 13.1 Å². The summed E-state index contributed by atoms with van der Waals surface area (Å²) in [7, 11) is 2.98. The fraction of sp³-hybridized carbons (Fsp3) is 0.448. The van der Waals surface area contributed by atoms with Crippen molar-refractivity contribution >= 4 is 17.4 Å². The first-order valence-electron chi connectivity index (χ1n) is 13.1. The zero-order valence-corrected chi connectivity index (χ0v) is 22.8. The number of nitrogens with zero attached hydrogens (tertiary/aromatic N) is 1. The van der Waals surface area contributed by atoms with E-state index in [9.17, 15) is 19.1 Å². The number of rotatable bonds is 10. The van der Waals surface area contributed by atoms with Crippen LogP contribution in [0.2, 0.25) is 0 Å². The van der Waals surface area contributed by atoms with Gasteiger partial charge in [0.15, 0.2) is 23.1 Å². The number of ketones is 1. The number of amides is 1. The van der Waals surface area contributed by atoms with Crippen molar-refractivity contribution in [3.63, 3.8) is 0 Å². The molecule has 2 fully saturated rings. The molecule has 1 amide bonds. The highest BCUT2D eigenvalue weighted by Crippen LogP contribution is 2.41. The first-order chi connectivity index (χ1) is 18.7. The number of Topliss-reactive ketones (excluding diaryl/α,β-unsaturated/α-hetero) is 1. The van der Waals surface area contributed by atoms with Gasteiger partial charge in [-0.05, 0) is 49.2 Å². The van der Waals surface area contributed by atoms with E-state index < -0.39 is 29.3 Å². The lowest BCUT2D eigenvalue weighted by atomic mass is 9.94. The van der Waals surface area contributed by atoms with Crippen molar-refractivity contribution in [1.82, 2.24) is 4.90 Å². The molecule has 2 aromatic carbocycles. The Balaban J connectivity index is 1.73. The first-order valence-corrected chi connectivity index (χ1v) is 13.1. The Bertz CT molecular complexity index is 1240. The van der Waals surface area contributed by atoms with Gasteiger partial charge >= 0.3 is 0 Å². The van der Waals surface area contributed by atoms with E-state index in [1.54, 1.807) is 32.0 Å². The van der Waals surface area contributed by atoms with Crippen LogP contribution in [0.15, 0.2) is 42.0 Å². The molecular weight excluding hydrogens is 507 g/mol. The monoisotopic (exact) mass is 542 g/mol. The highest BCUT2D eigenvalue weighted by atomic mass is 19.1. The van der Waals surface area contributed by atoms with Gasteiger partial charge in [0.05, 0.1) is 46.1 Å². The quantitative estimate of drug-likeness (QED) is 0.273. The lowest BCUT2D eigenvalue weighted by Gasteiger charge is -2.29. The van der Waals surface area contributed by atoms with Gasteiger partial charge in [-0.3, -0.25) is 9.59 Å². The molecule has 2 aliphatic rings. The lowest BCUT2D eigenvalue weighted by Crippen LogP contribution is -3.14. The van der Waals surface area contributed by atoms with Crippen molar-refractivity contribution in [3.8, 4) is 17.2 Å². The lowest BCUT2D eigenvalue weighted by molar-refractivity contribution is -0.908. The summed E-state index contributed by atoms with van der Waals surface area (Å²) >= 11 is 0. The summed E-state index contributed by atoms with van der Waals surface area (Å²) in [5.74, 6) is -2.20. The van der Waals surface area contributed by atoms with Crippen molar-refractivity contribution in [2.24, 2.45) is 0 Å². The molecule has 1 atom stereocenters. The van der Waals surface area contributed by atoms with Crippen LogP contribution >= 0.6 is 0 Å². The molecule has 2 heterocycles. The van der Waals surface area contributed by atoms with Gasteiger partial charge in [-0.15, -0.1) is 0 Å². The molecule has 2 saturated heterocycles. The van der Waals surface area contributed by atoms with E-state index in [-0.39, 0.29) is 29.5 Å². The van der Waals surface area contributed by atoms with Crippen LogP contribution in [0.3, 0.4) is 0 Å². The zero-order valence-electron chi connectivity index (χ0n) is 22.8. The predicted molar refractivity (Wildman–Crippen MR) is 139 cm³/mol. The van der Waals surface area contributed by atoms with Crippen molar-refractivity contribution in [3.05, 3.63) is 58.9 Å². The van der Waals surface area contributed by atoms with Gasteiger partial charge in [0.25, 0.3) is 5.91 Å². The van der Waals surface area contributed by atoms with E-state index in [1.807, 2.05) is 0 Å². The van der Waals surface area contributed by atoms with Gasteiger partial charge in [-0.1, -0.05) is 17.9 Å². The van der Waals surface area contributed by atoms with E-state index in [4.69, 9.17) is 18.9 Å². The Morgan fingerprint density at radius 2 is 1.77 bits per heavy atom. The van der Waals surface area contributed by atoms with Gasteiger partial charge in [-0.2, -0.15) is 0 Å². The minimum absolute atomic E-state index is 0.00375. The second kappa shape index (κ2) is 12.5. The molecule has 1 N–H and O–H groups in total. The second-order valence-electron chi connectivity index (χ2n) is 9.87. The summed E-state index contributed by atoms with van der Waals surface area (Å²) in [5.41, 5.74) is 0.266. The fourth-order valence-electron chi connectivity index (χ4n) is 5.03. The first kappa shape index (κ1) is 28.4. The van der Waals surface area contributed by atoms with Crippen LogP contribution in [0.1, 0.15) is 37.4 Å². The molecule has 4 rings (SSSR count). The molecule has 39 heavy (non-hydrogen) atoms. The van der Waals surface area contributed by atoms with Crippen molar-refractivity contribution in [1.29, 1.82) is 0 Å². The van der Waals surface area contributed by atoms with Crippen molar-refractivity contribution in [2.45, 2.75) is 32.4 Å². The summed E-state index contributed by atoms with van der Waals surface area (Å²) in [4.78, 5) is 29.4. The van der Waals surface area contributed by atoms with Crippen LogP contribution in [0, 0.1) is 5.82 Å². The zero-order chi connectivity index (χ0) is 28.1. The van der Waals surface area contributed by atoms with E-state index >= 15 is 0 Å². The maximum Gasteiger partial charge on any atom is 0.295 e. The molecule has 210 valence electrons. The molecule has 9 nitrogen and oxygen atoms in total. The SMILES string of the molecule is COc1ccc(C2C(=C([O-])c3ccc(OC(C)C)c(F)c3)C(=O)C(=O)N2CCC[NH+]2CCOCC2)cc1OC. The normalized spacial score (nSPS) is 19.5. The molecule has 0 aliphatic carbocycles. The smallest absolute Gasteiger partial charge is 0.295 e. The molecule has 0 bridgehead atoms. The van der Waals surface area contributed by atoms with Crippen LogP contribution in [0.5, 0.6) is 17.2 Å².